The van der Waals surface area contributed by atoms with E-state index >= 15 is 0 Å². The minimum atomic E-state index is -0.430. The minimum absolute atomic E-state index is 0.221. The number of nitrogens with zero attached hydrogens (tertiary/aromatic N) is 2. The van der Waals surface area contributed by atoms with Gasteiger partial charge in [-0.2, -0.15) is 0 Å². The number of benzene rings is 2. The Kier molecular flexibility index (Phi) is 4.99. The lowest BCUT2D eigenvalue weighted by Gasteiger charge is -2.12. The lowest BCUT2D eigenvalue weighted by molar-refractivity contribution is -0.123. The Morgan fingerprint density at radius 1 is 1.00 bits per heavy atom. The normalized spacial score (nSPS) is 15.2. The molecule has 1 saturated heterocycles. The molecule has 6 heteroatoms. The third-order valence-corrected chi connectivity index (χ3v) is 5.24. The van der Waals surface area contributed by atoms with Crippen molar-refractivity contribution in [1.29, 1.82) is 0 Å². The first-order chi connectivity index (χ1) is 14.3. The molecular formula is C24H22FN3O2. The number of hydrogen-bond donors (Lipinski definition) is 1. The molecule has 5 nitrogen and oxygen atoms in total. The van der Waals surface area contributed by atoms with Crippen LogP contribution in [0.25, 0.3) is 11.8 Å². The summed E-state index contributed by atoms with van der Waals surface area (Å²) in [5.74, 6) is -0.649. The largest absolute Gasteiger partial charge is 0.329 e. The quantitative estimate of drug-likeness (QED) is 0.510. The van der Waals surface area contributed by atoms with Gasteiger partial charge in [-0.15, -0.1) is 0 Å². The number of hydrogen-bond acceptors (Lipinski definition) is 2. The van der Waals surface area contributed by atoms with Gasteiger partial charge in [-0.05, 0) is 68.3 Å². The van der Waals surface area contributed by atoms with Gasteiger partial charge in [0, 0.05) is 17.1 Å². The van der Waals surface area contributed by atoms with Crippen LogP contribution < -0.4 is 5.32 Å². The number of halogens is 1. The smallest absolute Gasteiger partial charge is 0.318 e. The molecule has 4 rings (SSSR count). The molecule has 30 heavy (non-hydrogen) atoms. The molecule has 1 N–H and O–H groups in total. The van der Waals surface area contributed by atoms with Crippen molar-refractivity contribution in [2.24, 2.45) is 0 Å². The summed E-state index contributed by atoms with van der Waals surface area (Å²) in [6, 6.07) is 15.5. The molecular weight excluding hydrogens is 381 g/mol. The second-order valence-electron chi connectivity index (χ2n) is 7.51. The Bertz CT molecular complexity index is 1180. The van der Waals surface area contributed by atoms with Gasteiger partial charge in [0.2, 0.25) is 0 Å². The lowest BCUT2D eigenvalue weighted by Crippen LogP contribution is -2.30. The molecule has 1 fully saturated rings. The summed E-state index contributed by atoms with van der Waals surface area (Å²) in [6.45, 7) is 6.06. The highest BCUT2D eigenvalue weighted by Crippen LogP contribution is 2.24. The van der Waals surface area contributed by atoms with Crippen LogP contribution in [0.4, 0.5) is 9.18 Å². The standard InChI is InChI=1S/C24H22FN3O2/c1-15-5-4-6-18(11-15)14-27-23(29)22(26-24(27)30)13-19-12-16(2)28(17(19)3)21-9-7-20(25)8-10-21/h4-13H,14H2,1-3H3,(H,26,30)/b22-13+. The molecule has 3 aromatic rings. The first kappa shape index (κ1) is 19.6. The van der Waals surface area contributed by atoms with Crippen LogP contribution in [0.15, 0.2) is 60.3 Å². The van der Waals surface area contributed by atoms with Gasteiger partial charge in [0.1, 0.15) is 11.5 Å². The fourth-order valence-electron chi connectivity index (χ4n) is 3.79. The van der Waals surface area contributed by atoms with E-state index in [1.165, 1.54) is 17.0 Å². The molecule has 0 saturated carbocycles. The van der Waals surface area contributed by atoms with E-state index in [1.807, 2.05) is 55.7 Å². The first-order valence-electron chi connectivity index (χ1n) is 9.68. The van der Waals surface area contributed by atoms with Crippen molar-refractivity contribution in [3.05, 3.63) is 94.2 Å². The number of amides is 3. The molecule has 1 aromatic heterocycles. The maximum atomic E-state index is 13.3. The Labute approximate surface area is 174 Å². The lowest BCUT2D eigenvalue weighted by atomic mass is 10.1. The van der Waals surface area contributed by atoms with Crippen LogP contribution in [0.1, 0.15) is 28.1 Å². The average molecular weight is 403 g/mol. The molecule has 3 amide bonds. The van der Waals surface area contributed by atoms with E-state index in [4.69, 9.17) is 0 Å². The van der Waals surface area contributed by atoms with Crippen molar-refractivity contribution in [3.8, 4) is 5.69 Å². The summed E-state index contributed by atoms with van der Waals surface area (Å²) in [4.78, 5) is 26.5. The molecule has 1 aliphatic rings. The molecule has 2 heterocycles. The van der Waals surface area contributed by atoms with Crippen LogP contribution in [-0.2, 0) is 11.3 Å². The van der Waals surface area contributed by atoms with Crippen molar-refractivity contribution in [1.82, 2.24) is 14.8 Å². The van der Waals surface area contributed by atoms with Crippen LogP contribution in [0.2, 0.25) is 0 Å². The average Bonchev–Trinajstić information content (AvgIpc) is 3.13. The van der Waals surface area contributed by atoms with Gasteiger partial charge in [-0.1, -0.05) is 29.8 Å². The highest BCUT2D eigenvalue weighted by molar-refractivity contribution is 6.14. The number of carbonyl (C=O) groups is 2. The van der Waals surface area contributed by atoms with Crippen molar-refractivity contribution in [3.63, 3.8) is 0 Å². The summed E-state index contributed by atoms with van der Waals surface area (Å²) < 4.78 is 15.3. The number of imide groups is 1. The Balaban J connectivity index is 1.62. The summed E-state index contributed by atoms with van der Waals surface area (Å²) in [5, 5.41) is 2.68. The predicted octanol–water partition coefficient (Wildman–Crippen LogP) is 4.63. The third kappa shape index (κ3) is 3.64. The second-order valence-corrected chi connectivity index (χ2v) is 7.51. The monoisotopic (exact) mass is 403 g/mol. The maximum absolute atomic E-state index is 13.3. The van der Waals surface area contributed by atoms with Crippen molar-refractivity contribution < 1.29 is 14.0 Å². The number of carbonyl (C=O) groups excluding carboxylic acids is 2. The summed E-state index contributed by atoms with van der Waals surface area (Å²) >= 11 is 0. The Morgan fingerprint density at radius 3 is 2.43 bits per heavy atom. The predicted molar refractivity (Wildman–Crippen MR) is 113 cm³/mol. The Hall–Kier alpha value is -3.67. The summed E-state index contributed by atoms with van der Waals surface area (Å²) in [6.07, 6.45) is 1.69. The number of nitrogens with one attached hydrogen (secondary N) is 1. The van der Waals surface area contributed by atoms with Gasteiger partial charge in [-0.25, -0.2) is 9.18 Å². The SMILES string of the molecule is Cc1cccc(CN2C(=O)N/C(=C/c3cc(C)n(-c4ccc(F)cc4)c3C)C2=O)c1. The summed E-state index contributed by atoms with van der Waals surface area (Å²) in [5.41, 5.74) is 5.70. The van der Waals surface area contributed by atoms with Crippen LogP contribution in [0.5, 0.6) is 0 Å². The third-order valence-electron chi connectivity index (χ3n) is 5.24. The van der Waals surface area contributed by atoms with E-state index < -0.39 is 6.03 Å². The second kappa shape index (κ2) is 7.63. The Morgan fingerprint density at radius 2 is 1.73 bits per heavy atom. The topological polar surface area (TPSA) is 54.3 Å². The van der Waals surface area contributed by atoms with Gasteiger partial charge >= 0.3 is 6.03 Å². The number of rotatable bonds is 4. The van der Waals surface area contributed by atoms with E-state index in [2.05, 4.69) is 5.32 Å². The van der Waals surface area contributed by atoms with E-state index in [0.29, 0.717) is 0 Å². The van der Waals surface area contributed by atoms with E-state index in [9.17, 15) is 14.0 Å². The molecule has 0 spiro atoms. The van der Waals surface area contributed by atoms with Gasteiger partial charge in [0.15, 0.2) is 0 Å². The molecule has 2 aromatic carbocycles. The minimum Gasteiger partial charge on any atom is -0.318 e. The fourth-order valence-corrected chi connectivity index (χ4v) is 3.79. The zero-order chi connectivity index (χ0) is 21.4. The molecule has 0 bridgehead atoms. The number of aromatic nitrogens is 1. The molecule has 152 valence electrons. The van der Waals surface area contributed by atoms with Gasteiger partial charge in [0.25, 0.3) is 5.91 Å². The number of urea groups is 1. The first-order valence-corrected chi connectivity index (χ1v) is 9.68. The van der Waals surface area contributed by atoms with Gasteiger partial charge in [0.05, 0.1) is 6.54 Å². The van der Waals surface area contributed by atoms with Crippen LogP contribution in [0, 0.1) is 26.6 Å². The van der Waals surface area contributed by atoms with E-state index in [0.717, 1.165) is 33.8 Å². The number of aryl methyl sites for hydroxylation is 2. The van der Waals surface area contributed by atoms with Crippen molar-refractivity contribution >= 4 is 18.0 Å². The molecule has 0 atom stereocenters. The fraction of sp³-hybridized carbons (Fsp3) is 0.167. The van der Waals surface area contributed by atoms with Crippen molar-refractivity contribution in [2.75, 3.05) is 0 Å². The van der Waals surface area contributed by atoms with Crippen LogP contribution in [-0.4, -0.2) is 21.4 Å². The van der Waals surface area contributed by atoms with Gasteiger partial charge in [-0.3, -0.25) is 9.69 Å². The van der Waals surface area contributed by atoms with E-state index in [1.54, 1.807) is 18.2 Å². The maximum Gasteiger partial charge on any atom is 0.329 e. The zero-order valence-electron chi connectivity index (χ0n) is 17.1. The van der Waals surface area contributed by atoms with Crippen LogP contribution in [0.3, 0.4) is 0 Å². The zero-order valence-corrected chi connectivity index (χ0v) is 17.1. The summed E-state index contributed by atoms with van der Waals surface area (Å²) in [7, 11) is 0. The molecule has 0 aliphatic carbocycles. The van der Waals surface area contributed by atoms with Gasteiger partial charge < -0.3 is 9.88 Å². The van der Waals surface area contributed by atoms with Crippen LogP contribution >= 0.6 is 0 Å². The molecule has 0 unspecified atom stereocenters. The molecule has 0 radical (unpaired) electrons. The van der Waals surface area contributed by atoms with Crippen molar-refractivity contribution in [2.45, 2.75) is 27.3 Å². The van der Waals surface area contributed by atoms with E-state index in [-0.39, 0.29) is 24.0 Å². The highest BCUT2D eigenvalue weighted by Gasteiger charge is 2.33. The highest BCUT2D eigenvalue weighted by atomic mass is 19.1. The molecule has 1 aliphatic heterocycles.